The van der Waals surface area contributed by atoms with Gasteiger partial charge in [0.1, 0.15) is 18.1 Å². The van der Waals surface area contributed by atoms with Crippen molar-refractivity contribution in [3.8, 4) is 5.75 Å². The van der Waals surface area contributed by atoms with Crippen LogP contribution in [0.15, 0.2) is 28.8 Å². The van der Waals surface area contributed by atoms with Crippen LogP contribution in [0.25, 0.3) is 0 Å². The van der Waals surface area contributed by atoms with Crippen LogP contribution < -0.4 is 4.74 Å². The third-order valence-electron chi connectivity index (χ3n) is 6.76. The van der Waals surface area contributed by atoms with Gasteiger partial charge in [-0.3, -0.25) is 4.79 Å². The van der Waals surface area contributed by atoms with E-state index in [1.165, 1.54) is 44.1 Å². The van der Waals surface area contributed by atoms with Crippen LogP contribution in [0.3, 0.4) is 0 Å². The second kappa shape index (κ2) is 9.67. The van der Waals surface area contributed by atoms with Crippen molar-refractivity contribution in [3.05, 3.63) is 46.8 Å². The molecule has 0 aliphatic heterocycles. The predicted molar refractivity (Wildman–Crippen MR) is 117 cm³/mol. The molecule has 0 bridgehead atoms. The van der Waals surface area contributed by atoms with Crippen molar-refractivity contribution >= 4 is 5.91 Å². The maximum atomic E-state index is 13.8. The molecule has 1 aromatic carbocycles. The molecule has 2 saturated carbocycles. The van der Waals surface area contributed by atoms with E-state index in [0.717, 1.165) is 37.0 Å². The third kappa shape index (κ3) is 4.71. The molecule has 0 radical (unpaired) electrons. The Kier molecular flexibility index (Phi) is 6.76. The van der Waals surface area contributed by atoms with Gasteiger partial charge in [-0.1, -0.05) is 61.4 Å². The Morgan fingerprint density at radius 1 is 0.967 bits per heavy atom. The van der Waals surface area contributed by atoms with Crippen LogP contribution in [-0.4, -0.2) is 28.0 Å². The first kappa shape index (κ1) is 21.0. The first-order chi connectivity index (χ1) is 14.6. The van der Waals surface area contributed by atoms with E-state index in [9.17, 15) is 4.79 Å². The maximum Gasteiger partial charge on any atom is 0.276 e. The summed E-state index contributed by atoms with van der Waals surface area (Å²) in [5, 5.41) is 4.21. The highest BCUT2D eigenvalue weighted by Gasteiger charge is 2.35. The summed E-state index contributed by atoms with van der Waals surface area (Å²) in [5.74, 6) is 1.49. The summed E-state index contributed by atoms with van der Waals surface area (Å²) in [7, 11) is 0. The Hall–Kier alpha value is -2.30. The summed E-state index contributed by atoms with van der Waals surface area (Å²) >= 11 is 0. The van der Waals surface area contributed by atoms with E-state index >= 15 is 0 Å². The molecule has 0 unspecified atom stereocenters. The molecule has 1 amide bonds. The van der Waals surface area contributed by atoms with Gasteiger partial charge in [0.15, 0.2) is 5.69 Å². The van der Waals surface area contributed by atoms with E-state index in [-0.39, 0.29) is 5.91 Å². The summed E-state index contributed by atoms with van der Waals surface area (Å²) in [6.45, 7) is 4.21. The average Bonchev–Trinajstić information content (AvgIpc) is 3.15. The Bertz CT molecular complexity index is 813. The Morgan fingerprint density at radius 3 is 2.10 bits per heavy atom. The molecule has 2 fully saturated rings. The molecule has 2 aliphatic rings. The SMILES string of the molecule is Cc1ccc(OCc2c(C(=O)N(C3CCCCC3)C3CCCCC3)noc2C)cc1. The molecule has 4 rings (SSSR count). The van der Waals surface area contributed by atoms with Crippen LogP contribution in [-0.2, 0) is 6.61 Å². The first-order valence-electron chi connectivity index (χ1n) is 11.6. The molecule has 5 nitrogen and oxygen atoms in total. The number of hydrogen-bond donors (Lipinski definition) is 0. The van der Waals surface area contributed by atoms with E-state index in [1.807, 2.05) is 31.2 Å². The maximum absolute atomic E-state index is 13.8. The van der Waals surface area contributed by atoms with Gasteiger partial charge in [0.25, 0.3) is 5.91 Å². The van der Waals surface area contributed by atoms with Gasteiger partial charge in [-0.25, -0.2) is 0 Å². The molecule has 162 valence electrons. The molecule has 1 heterocycles. The highest BCUT2D eigenvalue weighted by Crippen LogP contribution is 2.32. The molecule has 2 aromatic rings. The Balaban J connectivity index is 1.55. The van der Waals surface area contributed by atoms with E-state index < -0.39 is 0 Å². The number of benzene rings is 1. The first-order valence-corrected chi connectivity index (χ1v) is 11.6. The van der Waals surface area contributed by atoms with E-state index in [1.54, 1.807) is 0 Å². The molecule has 2 aliphatic carbocycles. The zero-order chi connectivity index (χ0) is 20.9. The number of hydrogen-bond acceptors (Lipinski definition) is 4. The zero-order valence-corrected chi connectivity index (χ0v) is 18.4. The lowest BCUT2D eigenvalue weighted by atomic mass is 9.88. The van der Waals surface area contributed by atoms with E-state index in [0.29, 0.717) is 30.1 Å². The highest BCUT2D eigenvalue weighted by atomic mass is 16.5. The number of ether oxygens (including phenoxy) is 1. The van der Waals surface area contributed by atoms with Crippen LogP contribution in [0.5, 0.6) is 5.75 Å². The molecular weight excluding hydrogens is 376 g/mol. The summed E-state index contributed by atoms with van der Waals surface area (Å²) < 4.78 is 11.4. The molecular formula is C25H34N2O3. The van der Waals surface area contributed by atoms with Crippen LogP contribution >= 0.6 is 0 Å². The van der Waals surface area contributed by atoms with Gasteiger partial charge in [0.05, 0.1) is 5.56 Å². The molecule has 0 N–H and O–H groups in total. The number of nitrogens with zero attached hydrogens (tertiary/aromatic N) is 2. The fraction of sp³-hybridized carbons (Fsp3) is 0.600. The van der Waals surface area contributed by atoms with Crippen LogP contribution in [0.2, 0.25) is 0 Å². The standard InChI is InChI=1S/C25H34N2O3/c1-18-13-15-22(16-14-18)29-17-23-19(2)30-26-24(23)25(28)27(20-9-5-3-6-10-20)21-11-7-4-8-12-21/h13-16,20-21H,3-12,17H2,1-2H3. The Morgan fingerprint density at radius 2 is 1.53 bits per heavy atom. The number of carbonyl (C=O) groups is 1. The summed E-state index contributed by atoms with van der Waals surface area (Å²) in [6, 6.07) is 8.62. The molecule has 5 heteroatoms. The average molecular weight is 411 g/mol. The van der Waals surface area contributed by atoms with Crippen molar-refractivity contribution in [1.82, 2.24) is 10.1 Å². The number of rotatable bonds is 6. The summed E-state index contributed by atoms with van der Waals surface area (Å²) in [4.78, 5) is 16.0. The number of aromatic nitrogens is 1. The lowest BCUT2D eigenvalue weighted by Gasteiger charge is -2.41. The van der Waals surface area contributed by atoms with Crippen molar-refractivity contribution < 1.29 is 14.1 Å². The molecule has 0 spiro atoms. The Labute approximate surface area is 179 Å². The lowest BCUT2D eigenvalue weighted by molar-refractivity contribution is 0.0436. The quantitative estimate of drug-likeness (QED) is 0.588. The van der Waals surface area contributed by atoms with E-state index in [4.69, 9.17) is 9.26 Å². The van der Waals surface area contributed by atoms with Gasteiger partial charge in [0.2, 0.25) is 0 Å². The minimum atomic E-state index is 0.0353. The van der Waals surface area contributed by atoms with Gasteiger partial charge in [-0.2, -0.15) is 0 Å². The van der Waals surface area contributed by atoms with Crippen LogP contribution in [0.1, 0.15) is 91.6 Å². The van der Waals surface area contributed by atoms with Gasteiger partial charge in [0, 0.05) is 12.1 Å². The third-order valence-corrected chi connectivity index (χ3v) is 6.76. The van der Waals surface area contributed by atoms with Crippen molar-refractivity contribution in [3.63, 3.8) is 0 Å². The molecule has 1 aromatic heterocycles. The molecule has 0 atom stereocenters. The van der Waals surface area contributed by atoms with E-state index in [2.05, 4.69) is 17.0 Å². The zero-order valence-electron chi connectivity index (χ0n) is 18.4. The monoisotopic (exact) mass is 410 g/mol. The smallest absolute Gasteiger partial charge is 0.276 e. The van der Waals surface area contributed by atoms with Crippen molar-refractivity contribution in [2.24, 2.45) is 0 Å². The van der Waals surface area contributed by atoms with Gasteiger partial charge < -0.3 is 14.2 Å². The predicted octanol–water partition coefficient (Wildman–Crippen LogP) is 5.98. The van der Waals surface area contributed by atoms with Gasteiger partial charge in [-0.15, -0.1) is 0 Å². The minimum absolute atomic E-state index is 0.0353. The normalized spacial score (nSPS) is 18.3. The summed E-state index contributed by atoms with van der Waals surface area (Å²) in [5.41, 5.74) is 2.41. The van der Waals surface area contributed by atoms with Crippen molar-refractivity contribution in [2.75, 3.05) is 0 Å². The van der Waals surface area contributed by atoms with Crippen molar-refractivity contribution in [1.29, 1.82) is 0 Å². The fourth-order valence-corrected chi connectivity index (χ4v) is 4.99. The fourth-order valence-electron chi connectivity index (χ4n) is 4.99. The van der Waals surface area contributed by atoms with Crippen LogP contribution in [0.4, 0.5) is 0 Å². The summed E-state index contributed by atoms with van der Waals surface area (Å²) in [6.07, 6.45) is 11.8. The van der Waals surface area contributed by atoms with Gasteiger partial charge in [-0.05, 0) is 51.7 Å². The number of amides is 1. The molecule has 0 saturated heterocycles. The largest absolute Gasteiger partial charge is 0.489 e. The number of aryl methyl sites for hydroxylation is 2. The topological polar surface area (TPSA) is 55.6 Å². The van der Waals surface area contributed by atoms with Crippen LogP contribution in [0, 0.1) is 13.8 Å². The minimum Gasteiger partial charge on any atom is -0.489 e. The number of carbonyl (C=O) groups excluding carboxylic acids is 1. The second-order valence-corrected chi connectivity index (χ2v) is 8.96. The van der Waals surface area contributed by atoms with Crippen molar-refractivity contribution in [2.45, 2.75) is 96.7 Å². The van der Waals surface area contributed by atoms with Gasteiger partial charge >= 0.3 is 0 Å². The highest BCUT2D eigenvalue weighted by molar-refractivity contribution is 5.94. The molecule has 30 heavy (non-hydrogen) atoms. The second-order valence-electron chi connectivity index (χ2n) is 8.96. The lowest BCUT2D eigenvalue weighted by Crippen LogP contribution is -2.49.